The molecule has 150 valence electrons. The van der Waals surface area contributed by atoms with Gasteiger partial charge in [-0.1, -0.05) is 60.7 Å². The second kappa shape index (κ2) is 9.05. The van der Waals surface area contributed by atoms with E-state index >= 15 is 0 Å². The van der Waals surface area contributed by atoms with E-state index in [1.165, 1.54) is 0 Å². The Labute approximate surface area is 174 Å². The number of amides is 2. The van der Waals surface area contributed by atoms with Crippen molar-refractivity contribution in [3.8, 4) is 0 Å². The predicted octanol–water partition coefficient (Wildman–Crippen LogP) is 3.28. The van der Waals surface area contributed by atoms with Crippen LogP contribution in [0.25, 0.3) is 11.0 Å². The van der Waals surface area contributed by atoms with E-state index in [1.54, 1.807) is 12.1 Å². The number of carbonyl (C=O) groups excluding carboxylic acids is 2. The third kappa shape index (κ3) is 4.55. The average Bonchev–Trinajstić information content (AvgIpc) is 3.14. The van der Waals surface area contributed by atoms with Gasteiger partial charge in [-0.2, -0.15) is 0 Å². The fourth-order valence-electron chi connectivity index (χ4n) is 3.28. The molecule has 4 rings (SSSR count). The largest absolute Gasteiger partial charge is 0.350 e. The lowest BCUT2D eigenvalue weighted by Crippen LogP contribution is -2.29. The summed E-state index contributed by atoms with van der Waals surface area (Å²) < 4.78 is 1.85. The highest BCUT2D eigenvalue weighted by Crippen LogP contribution is 2.16. The van der Waals surface area contributed by atoms with Crippen molar-refractivity contribution >= 4 is 22.8 Å². The van der Waals surface area contributed by atoms with Gasteiger partial charge in [0.15, 0.2) is 0 Å². The van der Waals surface area contributed by atoms with Crippen LogP contribution in [0.15, 0.2) is 84.9 Å². The maximum Gasteiger partial charge on any atom is 0.251 e. The van der Waals surface area contributed by atoms with E-state index in [-0.39, 0.29) is 24.9 Å². The van der Waals surface area contributed by atoms with Crippen LogP contribution >= 0.6 is 0 Å². The molecule has 0 aliphatic carbocycles. The number of benzene rings is 3. The summed E-state index contributed by atoms with van der Waals surface area (Å²) in [4.78, 5) is 29.6. The third-order valence-corrected chi connectivity index (χ3v) is 4.81. The Bertz CT molecular complexity index is 1150. The topological polar surface area (TPSA) is 76.0 Å². The molecule has 0 fully saturated rings. The molecular formula is C24H22N4O2. The highest BCUT2D eigenvalue weighted by atomic mass is 16.2. The number of nitrogens with zero attached hydrogens (tertiary/aromatic N) is 2. The number of para-hydroxylation sites is 2. The number of aromatic nitrogens is 2. The van der Waals surface area contributed by atoms with Gasteiger partial charge in [0.1, 0.15) is 12.4 Å². The minimum Gasteiger partial charge on any atom is -0.350 e. The molecule has 3 aromatic carbocycles. The molecule has 6 nitrogen and oxygen atoms in total. The van der Waals surface area contributed by atoms with Crippen molar-refractivity contribution < 1.29 is 9.59 Å². The van der Waals surface area contributed by atoms with Gasteiger partial charge in [-0.25, -0.2) is 4.98 Å². The first-order valence-electron chi connectivity index (χ1n) is 9.79. The van der Waals surface area contributed by atoms with Crippen LogP contribution in [0.5, 0.6) is 0 Å². The van der Waals surface area contributed by atoms with Gasteiger partial charge in [0.25, 0.3) is 5.91 Å². The lowest BCUT2D eigenvalue weighted by molar-refractivity contribution is -0.121. The zero-order valence-corrected chi connectivity index (χ0v) is 16.4. The number of hydrogen-bond acceptors (Lipinski definition) is 3. The molecule has 2 N–H and O–H groups in total. The number of fused-ring (bicyclic) bond motifs is 1. The predicted molar refractivity (Wildman–Crippen MR) is 116 cm³/mol. The van der Waals surface area contributed by atoms with Gasteiger partial charge in [0, 0.05) is 12.1 Å². The van der Waals surface area contributed by atoms with Gasteiger partial charge >= 0.3 is 0 Å². The summed E-state index contributed by atoms with van der Waals surface area (Å²) in [6.07, 6.45) is 0. The minimum absolute atomic E-state index is 0.113. The van der Waals surface area contributed by atoms with Crippen LogP contribution in [0.2, 0.25) is 0 Å². The maximum absolute atomic E-state index is 12.6. The Kier molecular flexibility index (Phi) is 5.85. The van der Waals surface area contributed by atoms with Crippen molar-refractivity contribution in [2.45, 2.75) is 19.6 Å². The molecule has 0 atom stereocenters. The van der Waals surface area contributed by atoms with Gasteiger partial charge < -0.3 is 15.2 Å². The second-order valence-electron chi connectivity index (χ2n) is 6.91. The van der Waals surface area contributed by atoms with Crippen LogP contribution < -0.4 is 10.6 Å². The smallest absolute Gasteiger partial charge is 0.251 e. The molecule has 2 amide bonds. The first-order chi connectivity index (χ1) is 14.7. The Hall–Kier alpha value is -3.93. The molecule has 0 spiro atoms. The lowest BCUT2D eigenvalue weighted by atomic mass is 10.2. The molecule has 6 heteroatoms. The monoisotopic (exact) mass is 398 g/mol. The summed E-state index contributed by atoms with van der Waals surface area (Å²) >= 11 is 0. The summed E-state index contributed by atoms with van der Waals surface area (Å²) in [6, 6.07) is 26.4. The molecule has 0 saturated carbocycles. The van der Waals surface area contributed by atoms with Gasteiger partial charge in [-0.05, 0) is 29.8 Å². The summed E-state index contributed by atoms with van der Waals surface area (Å²) in [6.45, 7) is 0.824. The molecular weight excluding hydrogens is 376 g/mol. The third-order valence-electron chi connectivity index (χ3n) is 4.81. The van der Waals surface area contributed by atoms with Gasteiger partial charge in [-0.15, -0.1) is 0 Å². The molecule has 0 aliphatic rings. The molecule has 0 saturated heterocycles. The molecule has 1 aromatic heterocycles. The first-order valence-corrected chi connectivity index (χ1v) is 9.79. The van der Waals surface area contributed by atoms with Crippen molar-refractivity contribution in [3.05, 3.63) is 102 Å². The van der Waals surface area contributed by atoms with Crippen LogP contribution in [0.1, 0.15) is 21.7 Å². The van der Waals surface area contributed by atoms with E-state index in [0.717, 1.165) is 16.6 Å². The van der Waals surface area contributed by atoms with Crippen LogP contribution in [-0.2, 0) is 24.4 Å². The quantitative estimate of drug-likeness (QED) is 0.502. The number of carbonyl (C=O) groups is 2. The van der Waals surface area contributed by atoms with Crippen LogP contribution in [0.4, 0.5) is 0 Å². The summed E-state index contributed by atoms with van der Waals surface area (Å²) in [5, 5.41) is 5.84. The Morgan fingerprint density at radius 1 is 0.767 bits per heavy atom. The Morgan fingerprint density at radius 3 is 2.20 bits per heavy atom. The van der Waals surface area contributed by atoms with E-state index in [9.17, 15) is 9.59 Å². The van der Waals surface area contributed by atoms with E-state index in [4.69, 9.17) is 0 Å². The van der Waals surface area contributed by atoms with Crippen molar-refractivity contribution in [2.75, 3.05) is 0 Å². The Balaban J connectivity index is 1.48. The number of hydrogen-bond donors (Lipinski definition) is 2. The minimum atomic E-state index is -0.178. The SMILES string of the molecule is O=C(Cn1c(CNC(=O)c2ccccc2)nc2ccccc21)NCc1ccccc1. The molecule has 1 heterocycles. The highest BCUT2D eigenvalue weighted by molar-refractivity contribution is 5.94. The highest BCUT2D eigenvalue weighted by Gasteiger charge is 2.15. The normalized spacial score (nSPS) is 10.7. The first kappa shape index (κ1) is 19.4. The van der Waals surface area contributed by atoms with E-state index in [2.05, 4.69) is 15.6 Å². The maximum atomic E-state index is 12.6. The van der Waals surface area contributed by atoms with Crippen molar-refractivity contribution in [1.82, 2.24) is 20.2 Å². The molecule has 30 heavy (non-hydrogen) atoms. The summed E-state index contributed by atoms with van der Waals surface area (Å²) in [5.74, 6) is 0.343. The molecule has 0 radical (unpaired) electrons. The van der Waals surface area contributed by atoms with Gasteiger partial charge in [0.2, 0.25) is 5.91 Å². The molecule has 4 aromatic rings. The molecule has 0 bridgehead atoms. The van der Waals surface area contributed by atoms with E-state index in [0.29, 0.717) is 17.9 Å². The van der Waals surface area contributed by atoms with Gasteiger partial charge in [-0.3, -0.25) is 9.59 Å². The lowest BCUT2D eigenvalue weighted by Gasteiger charge is -2.11. The van der Waals surface area contributed by atoms with Crippen molar-refractivity contribution in [2.24, 2.45) is 0 Å². The van der Waals surface area contributed by atoms with Gasteiger partial charge in [0.05, 0.1) is 17.6 Å². The fraction of sp³-hybridized carbons (Fsp3) is 0.125. The molecule has 0 unspecified atom stereocenters. The number of nitrogens with one attached hydrogen (secondary N) is 2. The fourth-order valence-corrected chi connectivity index (χ4v) is 3.28. The van der Waals surface area contributed by atoms with Crippen LogP contribution in [-0.4, -0.2) is 21.4 Å². The standard InChI is InChI=1S/C24H22N4O2/c29-23(25-15-18-9-3-1-4-10-18)17-28-21-14-8-7-13-20(21)27-22(28)16-26-24(30)19-11-5-2-6-12-19/h1-14H,15-17H2,(H,25,29)(H,26,30). The number of imidazole rings is 1. The van der Waals surface area contributed by atoms with E-state index < -0.39 is 0 Å². The number of rotatable bonds is 7. The van der Waals surface area contributed by atoms with E-state index in [1.807, 2.05) is 77.4 Å². The average molecular weight is 398 g/mol. The second-order valence-corrected chi connectivity index (χ2v) is 6.91. The zero-order valence-electron chi connectivity index (χ0n) is 16.4. The summed E-state index contributed by atoms with van der Waals surface area (Å²) in [5.41, 5.74) is 3.27. The van der Waals surface area contributed by atoms with Crippen LogP contribution in [0.3, 0.4) is 0 Å². The van der Waals surface area contributed by atoms with Crippen LogP contribution in [0, 0.1) is 0 Å². The zero-order chi connectivity index (χ0) is 20.8. The Morgan fingerprint density at radius 2 is 1.43 bits per heavy atom. The van der Waals surface area contributed by atoms with Crippen molar-refractivity contribution in [3.63, 3.8) is 0 Å². The van der Waals surface area contributed by atoms with Crippen molar-refractivity contribution in [1.29, 1.82) is 0 Å². The molecule has 0 aliphatic heterocycles. The summed E-state index contributed by atoms with van der Waals surface area (Å²) in [7, 11) is 0.